The van der Waals surface area contributed by atoms with Crippen LogP contribution < -0.4 is 10.6 Å². The highest BCUT2D eigenvalue weighted by molar-refractivity contribution is 7.78. The van der Waals surface area contributed by atoms with Crippen LogP contribution in [0.15, 0.2) is 78.9 Å². The zero-order valence-corrected chi connectivity index (χ0v) is 15.2. The smallest absolute Gasteiger partial charge is 0.143 e. The number of benzene rings is 3. The lowest BCUT2D eigenvalue weighted by Crippen LogP contribution is -2.19. The molecule has 1 nitrogen and oxygen atoms in total. The highest BCUT2D eigenvalue weighted by Crippen LogP contribution is 2.43. The molecule has 0 spiro atoms. The minimum atomic E-state index is -2.63. The lowest BCUT2D eigenvalue weighted by molar-refractivity contribution is 0.586. The Bertz CT molecular complexity index is 784. The molecular weight excluding hydrogens is 311 g/mol. The van der Waals surface area contributed by atoms with Crippen LogP contribution in [0, 0.1) is 13.8 Å². The summed E-state index contributed by atoms with van der Waals surface area (Å²) in [5.74, 6) is 0. The van der Waals surface area contributed by atoms with Crippen molar-refractivity contribution < 1.29 is 4.57 Å². The fraction of sp³-hybridized carbons (Fsp3) is 0.182. The average Bonchev–Trinajstić information content (AvgIpc) is 2.62. The van der Waals surface area contributed by atoms with Gasteiger partial charge in [-0.15, -0.1) is 0 Å². The quantitative estimate of drug-likeness (QED) is 0.609. The molecular formula is C22H23OP. The van der Waals surface area contributed by atoms with Crippen LogP contribution in [0.25, 0.3) is 0 Å². The van der Waals surface area contributed by atoms with Gasteiger partial charge in [-0.2, -0.15) is 0 Å². The summed E-state index contributed by atoms with van der Waals surface area (Å²) in [5.41, 5.74) is 3.62. The monoisotopic (exact) mass is 334 g/mol. The van der Waals surface area contributed by atoms with E-state index in [0.717, 1.165) is 17.0 Å². The van der Waals surface area contributed by atoms with E-state index in [9.17, 15) is 4.57 Å². The number of aryl methyl sites for hydroxylation is 3. The van der Waals surface area contributed by atoms with Crippen LogP contribution in [-0.4, -0.2) is 6.16 Å². The normalized spacial score (nSPS) is 11.4. The first-order valence-electron chi connectivity index (χ1n) is 8.35. The zero-order chi connectivity index (χ0) is 17.0. The highest BCUT2D eigenvalue weighted by atomic mass is 31.2. The molecule has 0 unspecified atom stereocenters. The summed E-state index contributed by atoms with van der Waals surface area (Å²) in [4.78, 5) is 0. The molecule has 0 aliphatic carbocycles. The Morgan fingerprint density at radius 2 is 1.12 bits per heavy atom. The molecule has 0 aromatic heterocycles. The van der Waals surface area contributed by atoms with E-state index in [-0.39, 0.29) is 0 Å². The van der Waals surface area contributed by atoms with Gasteiger partial charge in [0.05, 0.1) is 0 Å². The van der Waals surface area contributed by atoms with E-state index in [1.807, 2.05) is 42.5 Å². The maximum atomic E-state index is 14.0. The molecule has 0 fully saturated rings. The number of hydrogen-bond acceptors (Lipinski definition) is 1. The van der Waals surface area contributed by atoms with Crippen LogP contribution in [-0.2, 0) is 11.0 Å². The Hall–Kier alpha value is -2.11. The highest BCUT2D eigenvalue weighted by Gasteiger charge is 2.26. The van der Waals surface area contributed by atoms with E-state index in [4.69, 9.17) is 0 Å². The van der Waals surface area contributed by atoms with Crippen LogP contribution in [0.3, 0.4) is 0 Å². The van der Waals surface area contributed by atoms with E-state index in [2.05, 4.69) is 50.2 Å². The molecule has 0 amide bonds. The Labute approximate surface area is 144 Å². The SMILES string of the molecule is Cc1ccc(P(=O)(CCc2ccccc2)c2ccc(C)cc2)cc1. The van der Waals surface area contributed by atoms with Gasteiger partial charge >= 0.3 is 0 Å². The fourth-order valence-electron chi connectivity index (χ4n) is 2.91. The molecule has 0 saturated carbocycles. The van der Waals surface area contributed by atoms with Gasteiger partial charge in [0.2, 0.25) is 0 Å². The average molecular weight is 334 g/mol. The van der Waals surface area contributed by atoms with Crippen LogP contribution >= 0.6 is 7.14 Å². The maximum absolute atomic E-state index is 14.0. The minimum Gasteiger partial charge on any atom is -0.314 e. The summed E-state index contributed by atoms with van der Waals surface area (Å²) in [6.07, 6.45) is 1.48. The third kappa shape index (κ3) is 3.68. The van der Waals surface area contributed by atoms with Crippen molar-refractivity contribution in [1.82, 2.24) is 0 Å². The standard InChI is InChI=1S/C22H23OP/c1-18-8-12-21(13-9-18)24(23,22-14-10-19(2)11-15-22)17-16-20-6-4-3-5-7-20/h3-15H,16-17H2,1-2H3. The van der Waals surface area contributed by atoms with Gasteiger partial charge in [0.1, 0.15) is 7.14 Å². The largest absolute Gasteiger partial charge is 0.314 e. The zero-order valence-electron chi connectivity index (χ0n) is 14.3. The summed E-state index contributed by atoms with van der Waals surface area (Å²) in [6.45, 7) is 4.12. The Morgan fingerprint density at radius 3 is 1.58 bits per heavy atom. The van der Waals surface area contributed by atoms with Crippen LogP contribution in [0.1, 0.15) is 16.7 Å². The van der Waals surface area contributed by atoms with Gasteiger partial charge in [0.15, 0.2) is 0 Å². The van der Waals surface area contributed by atoms with Crippen molar-refractivity contribution in [2.75, 3.05) is 6.16 Å². The van der Waals surface area contributed by atoms with Crippen LogP contribution in [0.4, 0.5) is 0 Å². The second-order valence-corrected chi connectivity index (χ2v) is 9.33. The molecule has 3 aromatic carbocycles. The summed E-state index contributed by atoms with van der Waals surface area (Å²) >= 11 is 0. The van der Waals surface area contributed by atoms with Crippen molar-refractivity contribution in [2.45, 2.75) is 20.3 Å². The predicted molar refractivity (Wildman–Crippen MR) is 104 cm³/mol. The second kappa shape index (κ2) is 7.20. The van der Waals surface area contributed by atoms with Crippen LogP contribution in [0.2, 0.25) is 0 Å². The molecule has 0 bridgehead atoms. The topological polar surface area (TPSA) is 17.1 Å². The maximum Gasteiger partial charge on any atom is 0.143 e. The first-order valence-corrected chi connectivity index (χ1v) is 10.2. The lowest BCUT2D eigenvalue weighted by atomic mass is 10.2. The van der Waals surface area contributed by atoms with Gasteiger partial charge in [-0.3, -0.25) is 0 Å². The predicted octanol–water partition coefficient (Wildman–Crippen LogP) is 4.86. The molecule has 0 heterocycles. The molecule has 2 heteroatoms. The Morgan fingerprint density at radius 1 is 0.667 bits per heavy atom. The summed E-state index contributed by atoms with van der Waals surface area (Å²) in [7, 11) is -2.63. The Kier molecular flexibility index (Phi) is 5.02. The van der Waals surface area contributed by atoms with E-state index in [1.54, 1.807) is 0 Å². The first-order chi connectivity index (χ1) is 11.6. The third-order valence-electron chi connectivity index (χ3n) is 4.46. The van der Waals surface area contributed by atoms with Gasteiger partial charge in [-0.05, 0) is 25.8 Å². The van der Waals surface area contributed by atoms with Crippen molar-refractivity contribution >= 4 is 17.8 Å². The Balaban J connectivity index is 1.98. The van der Waals surface area contributed by atoms with Gasteiger partial charge in [0.25, 0.3) is 0 Å². The number of hydrogen-bond donors (Lipinski definition) is 0. The fourth-order valence-corrected chi connectivity index (χ4v) is 5.56. The van der Waals surface area contributed by atoms with Crippen molar-refractivity contribution in [3.8, 4) is 0 Å². The van der Waals surface area contributed by atoms with Gasteiger partial charge in [-0.1, -0.05) is 90.0 Å². The molecule has 3 rings (SSSR count). The van der Waals surface area contributed by atoms with Gasteiger partial charge in [0, 0.05) is 16.8 Å². The molecule has 0 N–H and O–H groups in total. The van der Waals surface area contributed by atoms with E-state index >= 15 is 0 Å². The van der Waals surface area contributed by atoms with Gasteiger partial charge < -0.3 is 4.57 Å². The molecule has 0 aliphatic heterocycles. The van der Waals surface area contributed by atoms with Crippen LogP contribution in [0.5, 0.6) is 0 Å². The molecule has 0 aliphatic rings. The third-order valence-corrected chi connectivity index (χ3v) is 7.58. The molecule has 122 valence electrons. The van der Waals surface area contributed by atoms with E-state index in [1.165, 1.54) is 16.7 Å². The van der Waals surface area contributed by atoms with Crippen molar-refractivity contribution in [2.24, 2.45) is 0 Å². The second-order valence-electron chi connectivity index (χ2n) is 6.37. The van der Waals surface area contributed by atoms with Crippen molar-refractivity contribution in [1.29, 1.82) is 0 Å². The first kappa shape index (κ1) is 16.7. The minimum absolute atomic E-state index is 0.656. The summed E-state index contributed by atoms with van der Waals surface area (Å²) in [6, 6.07) is 26.6. The molecule has 3 aromatic rings. The summed E-state index contributed by atoms with van der Waals surface area (Å²) in [5, 5.41) is 1.90. The molecule has 0 atom stereocenters. The molecule has 0 saturated heterocycles. The summed E-state index contributed by atoms with van der Waals surface area (Å²) < 4.78 is 14.0. The lowest BCUT2D eigenvalue weighted by Gasteiger charge is -2.20. The van der Waals surface area contributed by atoms with E-state index in [0.29, 0.717) is 6.16 Å². The van der Waals surface area contributed by atoms with Crippen molar-refractivity contribution in [3.05, 3.63) is 95.6 Å². The molecule has 24 heavy (non-hydrogen) atoms. The van der Waals surface area contributed by atoms with Crippen molar-refractivity contribution in [3.63, 3.8) is 0 Å². The van der Waals surface area contributed by atoms with Gasteiger partial charge in [-0.25, -0.2) is 0 Å². The number of rotatable bonds is 5. The molecule has 0 radical (unpaired) electrons. The van der Waals surface area contributed by atoms with E-state index < -0.39 is 7.14 Å².